The van der Waals surface area contributed by atoms with E-state index in [1.54, 1.807) is 0 Å². The number of aromatic nitrogens is 2. The molecule has 4 heteroatoms. The van der Waals surface area contributed by atoms with Crippen molar-refractivity contribution in [2.45, 2.75) is 6.92 Å². The molecule has 0 spiro atoms. The summed E-state index contributed by atoms with van der Waals surface area (Å²) in [5.74, 6) is 0.957. The van der Waals surface area contributed by atoms with Crippen LogP contribution in [-0.2, 0) is 7.05 Å². The minimum absolute atomic E-state index is 0.957. The Kier molecular flexibility index (Phi) is 3.15. The van der Waals surface area contributed by atoms with Gasteiger partial charge in [-0.1, -0.05) is 42.9 Å². The summed E-state index contributed by atoms with van der Waals surface area (Å²) < 4.78 is 4.21. The van der Waals surface area contributed by atoms with Crippen molar-refractivity contribution >= 4 is 17.8 Å². The number of para-hydroxylation sites is 2. The lowest BCUT2D eigenvalue weighted by atomic mass is 10.1. The van der Waals surface area contributed by atoms with Crippen LogP contribution < -0.4 is 9.47 Å². The number of aryl methyl sites for hydroxylation is 2. The Morgan fingerprint density at radius 3 is 2.52 bits per heavy atom. The third kappa shape index (κ3) is 2.28. The molecule has 3 aromatic rings. The first-order chi connectivity index (χ1) is 11.2. The smallest absolute Gasteiger partial charge is 0.176 e. The zero-order chi connectivity index (χ0) is 15.8. The first kappa shape index (κ1) is 13.6. The number of anilines is 1. The number of imidazole rings is 1. The summed E-state index contributed by atoms with van der Waals surface area (Å²) in [6, 6.07) is 18.7. The lowest BCUT2D eigenvalue weighted by Gasteiger charge is -2.29. The Morgan fingerprint density at radius 2 is 1.74 bits per heavy atom. The lowest BCUT2D eigenvalue weighted by Crippen LogP contribution is -2.28. The van der Waals surface area contributed by atoms with Crippen molar-refractivity contribution < 1.29 is 4.57 Å². The number of aliphatic imine (C=N–C) groups is 1. The van der Waals surface area contributed by atoms with Crippen molar-refractivity contribution in [3.05, 3.63) is 78.7 Å². The highest BCUT2D eigenvalue weighted by Gasteiger charge is 2.19. The number of hydrogen-bond acceptors (Lipinski definition) is 2. The average molecular weight is 302 g/mol. The second kappa shape index (κ2) is 5.32. The fourth-order valence-electron chi connectivity index (χ4n) is 2.92. The van der Waals surface area contributed by atoms with E-state index in [1.165, 1.54) is 5.56 Å². The molecule has 1 aliphatic heterocycles. The third-order valence-electron chi connectivity index (χ3n) is 4.11. The van der Waals surface area contributed by atoms with E-state index in [2.05, 4.69) is 70.7 Å². The molecule has 2 heterocycles. The lowest BCUT2D eigenvalue weighted by molar-refractivity contribution is -0.658. The van der Waals surface area contributed by atoms with Crippen LogP contribution in [0.3, 0.4) is 0 Å². The minimum Gasteiger partial charge on any atom is -0.373 e. The molecule has 0 atom stereocenters. The predicted molar refractivity (Wildman–Crippen MR) is 92.2 cm³/mol. The summed E-state index contributed by atoms with van der Waals surface area (Å²) in [7, 11) is 2.02. The van der Waals surface area contributed by atoms with Crippen molar-refractivity contribution in [2.75, 3.05) is 4.90 Å². The molecule has 0 radical (unpaired) electrons. The molecule has 4 rings (SSSR count). The molecule has 0 fully saturated rings. The molecule has 0 N–H and O–H groups in total. The number of rotatable bonds is 2. The van der Waals surface area contributed by atoms with Crippen molar-refractivity contribution in [2.24, 2.45) is 12.0 Å². The van der Waals surface area contributed by atoms with Crippen LogP contribution in [0.4, 0.5) is 11.5 Å². The van der Waals surface area contributed by atoms with E-state index in [4.69, 9.17) is 0 Å². The zero-order valence-electron chi connectivity index (χ0n) is 13.2. The Balaban J connectivity index is 1.79. The van der Waals surface area contributed by atoms with E-state index in [1.807, 2.05) is 36.2 Å². The topological polar surface area (TPSA) is 24.4 Å². The maximum atomic E-state index is 4.65. The van der Waals surface area contributed by atoms with E-state index in [0.717, 1.165) is 22.9 Å². The molecule has 1 aromatic heterocycles. The minimum atomic E-state index is 0.957. The van der Waals surface area contributed by atoms with Crippen LogP contribution in [-0.4, -0.2) is 10.9 Å². The Hall–Kier alpha value is -3.01. The van der Waals surface area contributed by atoms with Crippen molar-refractivity contribution in [1.29, 1.82) is 0 Å². The zero-order valence-corrected chi connectivity index (χ0v) is 13.2. The first-order valence-corrected chi connectivity index (χ1v) is 7.63. The van der Waals surface area contributed by atoms with E-state index < -0.39 is 0 Å². The average Bonchev–Trinajstić information content (AvgIpc) is 2.92. The van der Waals surface area contributed by atoms with Gasteiger partial charge in [-0.2, -0.15) is 4.99 Å². The highest BCUT2D eigenvalue weighted by molar-refractivity contribution is 5.87. The van der Waals surface area contributed by atoms with Crippen molar-refractivity contribution in [3.8, 4) is 5.69 Å². The molecule has 0 saturated heterocycles. The van der Waals surface area contributed by atoms with Gasteiger partial charge < -0.3 is 9.47 Å². The summed E-state index contributed by atoms with van der Waals surface area (Å²) in [6.07, 6.45) is 3.94. The summed E-state index contributed by atoms with van der Waals surface area (Å²) in [5, 5.41) is 0. The fraction of sp³-hybridized carbons (Fsp3) is 0.105. The van der Waals surface area contributed by atoms with E-state index in [0.29, 0.717) is 0 Å². The van der Waals surface area contributed by atoms with Crippen LogP contribution in [0, 0.1) is 13.5 Å². The van der Waals surface area contributed by atoms with Gasteiger partial charge in [-0.3, -0.25) is 4.57 Å². The van der Waals surface area contributed by atoms with Gasteiger partial charge in [-0.15, -0.1) is 0 Å². The standard InChI is InChI=1S/C19H18N4/c1-15-8-6-7-11-17(15)22-12-18-19(20-13-22)21(2)14-23(18)16-9-4-3-5-10-16/h3-14H,1-2H3. The quantitative estimate of drug-likeness (QED) is 0.526. The molecule has 0 saturated carbocycles. The molecular weight excluding hydrogens is 284 g/mol. The summed E-state index contributed by atoms with van der Waals surface area (Å²) in [5.41, 5.74) is 4.57. The van der Waals surface area contributed by atoms with Gasteiger partial charge in [-0.05, 0) is 30.7 Å². The molecule has 0 aliphatic carbocycles. The van der Waals surface area contributed by atoms with Crippen molar-refractivity contribution in [1.82, 2.24) is 4.57 Å². The van der Waals surface area contributed by atoms with Gasteiger partial charge in [0.15, 0.2) is 12.1 Å². The molecular formula is C19H18N4. The van der Waals surface area contributed by atoms with Gasteiger partial charge >= 0.3 is 0 Å². The van der Waals surface area contributed by atoms with Crippen LogP contribution in [0.25, 0.3) is 5.69 Å². The van der Waals surface area contributed by atoms with Crippen LogP contribution >= 0.6 is 0 Å². The number of hydrogen-bond donors (Lipinski definition) is 0. The molecule has 1 aliphatic rings. The highest BCUT2D eigenvalue weighted by Crippen LogP contribution is 2.29. The monoisotopic (exact) mass is 302 g/mol. The van der Waals surface area contributed by atoms with Crippen LogP contribution in [0.2, 0.25) is 0 Å². The second-order valence-electron chi connectivity index (χ2n) is 5.71. The highest BCUT2D eigenvalue weighted by atomic mass is 15.3. The van der Waals surface area contributed by atoms with E-state index >= 15 is 0 Å². The Bertz CT molecular complexity index is 878. The van der Waals surface area contributed by atoms with Gasteiger partial charge in [0.05, 0.1) is 0 Å². The fourth-order valence-corrected chi connectivity index (χ4v) is 2.92. The molecule has 0 bridgehead atoms. The van der Waals surface area contributed by atoms with Crippen LogP contribution in [0.1, 0.15) is 11.3 Å². The maximum Gasteiger partial charge on any atom is 0.176 e. The molecule has 4 nitrogen and oxygen atoms in total. The van der Waals surface area contributed by atoms with Crippen LogP contribution in [0.15, 0.2) is 65.9 Å². The Morgan fingerprint density at radius 1 is 1.00 bits per heavy atom. The summed E-state index contributed by atoms with van der Waals surface area (Å²) in [4.78, 5) is 6.73. The normalized spacial score (nSPS) is 12.9. The Labute approximate surface area is 136 Å². The SMILES string of the molecule is Cc1ccccc1N1C=Nc2c(n(-c3ccccc3)c[n+]2C)[CH-]1. The molecule has 23 heavy (non-hydrogen) atoms. The first-order valence-electron chi connectivity index (χ1n) is 7.63. The van der Waals surface area contributed by atoms with Gasteiger partial charge in [0, 0.05) is 18.4 Å². The number of nitrogens with zero attached hydrogens (tertiary/aromatic N) is 4. The van der Waals surface area contributed by atoms with E-state index in [-0.39, 0.29) is 0 Å². The summed E-state index contributed by atoms with van der Waals surface area (Å²) in [6.45, 7) is 4.25. The summed E-state index contributed by atoms with van der Waals surface area (Å²) >= 11 is 0. The molecule has 0 amide bonds. The molecule has 0 unspecified atom stereocenters. The molecule has 2 aromatic carbocycles. The second-order valence-corrected chi connectivity index (χ2v) is 5.71. The predicted octanol–water partition coefficient (Wildman–Crippen LogP) is 3.30. The van der Waals surface area contributed by atoms with Gasteiger partial charge in [0.1, 0.15) is 12.0 Å². The third-order valence-corrected chi connectivity index (χ3v) is 4.11. The van der Waals surface area contributed by atoms with E-state index in [9.17, 15) is 0 Å². The number of fused-ring (bicyclic) bond motifs is 1. The molecule has 114 valence electrons. The van der Waals surface area contributed by atoms with Crippen LogP contribution in [0.5, 0.6) is 0 Å². The van der Waals surface area contributed by atoms with Gasteiger partial charge in [0.2, 0.25) is 0 Å². The van der Waals surface area contributed by atoms with Gasteiger partial charge in [-0.25, -0.2) is 0 Å². The number of benzene rings is 2. The maximum absolute atomic E-state index is 4.65. The van der Waals surface area contributed by atoms with Gasteiger partial charge in [0.25, 0.3) is 0 Å². The van der Waals surface area contributed by atoms with Crippen molar-refractivity contribution in [3.63, 3.8) is 0 Å². The largest absolute Gasteiger partial charge is 0.373 e.